The minimum absolute atomic E-state index is 0.175. The van der Waals surface area contributed by atoms with Crippen molar-refractivity contribution in [1.29, 1.82) is 0 Å². The third-order valence-electron chi connectivity index (χ3n) is 2.27. The normalized spacial score (nSPS) is 13.1. The number of nitrogens with zero attached hydrogens (tertiary/aromatic N) is 1. The molecule has 84 valence electrons. The van der Waals surface area contributed by atoms with Gasteiger partial charge < -0.3 is 5.73 Å². The lowest BCUT2D eigenvalue weighted by Gasteiger charge is -2.23. The molecule has 0 aliphatic heterocycles. The van der Waals surface area contributed by atoms with Crippen molar-refractivity contribution in [1.82, 2.24) is 4.90 Å². The van der Waals surface area contributed by atoms with Crippen molar-refractivity contribution in [3.8, 4) is 0 Å². The van der Waals surface area contributed by atoms with Crippen molar-refractivity contribution in [2.24, 2.45) is 5.73 Å². The summed E-state index contributed by atoms with van der Waals surface area (Å²) in [5, 5.41) is 2.04. The van der Waals surface area contributed by atoms with Gasteiger partial charge in [0.05, 0.1) is 6.04 Å². The quantitative estimate of drug-likeness (QED) is 0.904. The van der Waals surface area contributed by atoms with Crippen LogP contribution in [0.2, 0.25) is 0 Å². The summed E-state index contributed by atoms with van der Waals surface area (Å²) in [5.74, 6) is -0.254. The van der Waals surface area contributed by atoms with Crippen molar-refractivity contribution >= 4 is 33.2 Å². The van der Waals surface area contributed by atoms with Crippen molar-refractivity contribution in [3.63, 3.8) is 0 Å². The molecular formula is C10H15BrN2OS. The van der Waals surface area contributed by atoms with E-state index < -0.39 is 0 Å². The van der Waals surface area contributed by atoms with Crippen LogP contribution >= 0.6 is 27.3 Å². The number of hydrogen-bond acceptors (Lipinski definition) is 3. The molecule has 0 aromatic carbocycles. The first-order valence-corrected chi connectivity index (χ1v) is 6.44. The summed E-state index contributed by atoms with van der Waals surface area (Å²) >= 11 is 5.08. The predicted octanol–water partition coefficient (Wildman–Crippen LogP) is 2.21. The lowest BCUT2D eigenvalue weighted by Crippen LogP contribution is -2.41. The summed E-state index contributed by atoms with van der Waals surface area (Å²) in [6.07, 6.45) is 0.748. The molecule has 0 unspecified atom stereocenters. The first-order valence-electron chi connectivity index (χ1n) is 4.77. The van der Waals surface area contributed by atoms with Gasteiger partial charge in [0.25, 0.3) is 0 Å². The molecule has 3 nitrogen and oxygen atoms in total. The van der Waals surface area contributed by atoms with Gasteiger partial charge >= 0.3 is 0 Å². The third kappa shape index (κ3) is 3.59. The number of thiophene rings is 1. The summed E-state index contributed by atoms with van der Waals surface area (Å²) in [6, 6.07) is 1.89. The zero-order valence-corrected chi connectivity index (χ0v) is 11.3. The van der Waals surface area contributed by atoms with E-state index in [1.165, 1.54) is 4.88 Å². The summed E-state index contributed by atoms with van der Waals surface area (Å²) in [6.45, 7) is 2.73. The number of hydrogen-bond donors (Lipinski definition) is 1. The first-order chi connectivity index (χ1) is 7.04. The van der Waals surface area contributed by atoms with Crippen LogP contribution in [0.3, 0.4) is 0 Å². The standard InChI is InChI=1S/C10H15BrN2OS/c1-3-9(10(12)14)13(2)5-8-4-7(11)6-15-8/h4,6,9H,3,5H2,1-2H3,(H2,12,14)/t9-/m0/s1. The zero-order chi connectivity index (χ0) is 11.4. The lowest BCUT2D eigenvalue weighted by molar-refractivity contribution is -0.123. The van der Waals surface area contributed by atoms with Gasteiger partial charge in [-0.25, -0.2) is 0 Å². The summed E-state index contributed by atoms with van der Waals surface area (Å²) in [5.41, 5.74) is 5.32. The SMILES string of the molecule is CC[C@@H](C(N)=O)N(C)Cc1cc(Br)cs1. The van der Waals surface area contributed by atoms with Crippen molar-refractivity contribution in [3.05, 3.63) is 20.8 Å². The Bertz CT molecular complexity index is 340. The van der Waals surface area contributed by atoms with Crippen LogP contribution in [0.25, 0.3) is 0 Å². The van der Waals surface area contributed by atoms with E-state index in [1.54, 1.807) is 11.3 Å². The Hall–Kier alpha value is -0.390. The second-order valence-electron chi connectivity index (χ2n) is 3.47. The monoisotopic (exact) mass is 290 g/mol. The van der Waals surface area contributed by atoms with Gasteiger partial charge in [-0.05, 0) is 35.5 Å². The number of rotatable bonds is 5. The summed E-state index contributed by atoms with van der Waals surface area (Å²) in [7, 11) is 1.92. The molecule has 1 aromatic heterocycles. The van der Waals surface area contributed by atoms with Gasteiger partial charge in [-0.1, -0.05) is 6.92 Å². The van der Waals surface area contributed by atoms with Crippen LogP contribution in [-0.2, 0) is 11.3 Å². The van der Waals surface area contributed by atoms with Gasteiger partial charge in [-0.15, -0.1) is 11.3 Å². The van der Waals surface area contributed by atoms with Crippen LogP contribution in [-0.4, -0.2) is 23.9 Å². The van der Waals surface area contributed by atoms with E-state index in [-0.39, 0.29) is 11.9 Å². The molecule has 2 N–H and O–H groups in total. The highest BCUT2D eigenvalue weighted by Gasteiger charge is 2.18. The molecule has 0 saturated heterocycles. The van der Waals surface area contributed by atoms with Crippen LogP contribution in [0.1, 0.15) is 18.2 Å². The molecule has 5 heteroatoms. The van der Waals surface area contributed by atoms with Gasteiger partial charge in [-0.2, -0.15) is 0 Å². The number of nitrogens with two attached hydrogens (primary N) is 1. The number of amides is 1. The highest BCUT2D eigenvalue weighted by atomic mass is 79.9. The Balaban J connectivity index is 2.61. The molecule has 0 spiro atoms. The molecule has 1 rings (SSSR count). The van der Waals surface area contributed by atoms with Crippen molar-refractivity contribution in [2.75, 3.05) is 7.05 Å². The average Bonchev–Trinajstić information content (AvgIpc) is 2.51. The number of carbonyl (C=O) groups is 1. The molecule has 0 aliphatic carbocycles. The second-order valence-corrected chi connectivity index (χ2v) is 5.38. The van der Waals surface area contributed by atoms with Crippen LogP contribution < -0.4 is 5.73 Å². The van der Waals surface area contributed by atoms with E-state index in [0.29, 0.717) is 0 Å². The fourth-order valence-electron chi connectivity index (χ4n) is 1.52. The molecule has 0 fully saturated rings. The number of halogens is 1. The molecule has 0 radical (unpaired) electrons. The van der Waals surface area contributed by atoms with Crippen LogP contribution in [0.5, 0.6) is 0 Å². The zero-order valence-electron chi connectivity index (χ0n) is 8.87. The smallest absolute Gasteiger partial charge is 0.234 e. The minimum atomic E-state index is -0.254. The molecule has 1 aromatic rings. The van der Waals surface area contributed by atoms with E-state index >= 15 is 0 Å². The lowest BCUT2D eigenvalue weighted by atomic mass is 10.2. The van der Waals surface area contributed by atoms with Gasteiger partial charge in [0.1, 0.15) is 0 Å². The Morgan fingerprint density at radius 1 is 1.73 bits per heavy atom. The third-order valence-corrected chi connectivity index (χ3v) is 3.96. The minimum Gasteiger partial charge on any atom is -0.368 e. The van der Waals surface area contributed by atoms with Gasteiger partial charge in [0.2, 0.25) is 5.91 Å². The van der Waals surface area contributed by atoms with E-state index in [2.05, 4.69) is 22.0 Å². The Labute approximate surface area is 102 Å². The Morgan fingerprint density at radius 2 is 2.40 bits per heavy atom. The van der Waals surface area contributed by atoms with Crippen molar-refractivity contribution in [2.45, 2.75) is 25.9 Å². The molecule has 0 bridgehead atoms. The maximum atomic E-state index is 11.1. The number of carbonyl (C=O) groups excluding carboxylic acids is 1. The fraction of sp³-hybridized carbons (Fsp3) is 0.500. The molecule has 0 aliphatic rings. The number of likely N-dealkylation sites (N-methyl/N-ethyl adjacent to an activating group) is 1. The number of primary amides is 1. The van der Waals surface area contributed by atoms with E-state index in [4.69, 9.17) is 5.73 Å². The first kappa shape index (κ1) is 12.7. The molecule has 15 heavy (non-hydrogen) atoms. The molecule has 0 saturated carbocycles. The fourth-order valence-corrected chi connectivity index (χ4v) is 3.04. The van der Waals surface area contributed by atoms with E-state index in [1.807, 2.05) is 24.3 Å². The Kier molecular flexibility index (Phi) is 4.76. The average molecular weight is 291 g/mol. The van der Waals surface area contributed by atoms with Gasteiger partial charge in [-0.3, -0.25) is 9.69 Å². The maximum Gasteiger partial charge on any atom is 0.234 e. The Morgan fingerprint density at radius 3 is 2.80 bits per heavy atom. The maximum absolute atomic E-state index is 11.1. The highest BCUT2D eigenvalue weighted by molar-refractivity contribution is 9.10. The predicted molar refractivity (Wildman–Crippen MR) is 66.8 cm³/mol. The van der Waals surface area contributed by atoms with E-state index in [9.17, 15) is 4.79 Å². The molecule has 1 heterocycles. The van der Waals surface area contributed by atoms with Crippen molar-refractivity contribution < 1.29 is 4.79 Å². The topological polar surface area (TPSA) is 46.3 Å². The summed E-state index contributed by atoms with van der Waals surface area (Å²) in [4.78, 5) is 14.4. The van der Waals surface area contributed by atoms with Crippen LogP contribution in [0.15, 0.2) is 15.9 Å². The van der Waals surface area contributed by atoms with Crippen LogP contribution in [0, 0.1) is 0 Å². The molecular weight excluding hydrogens is 276 g/mol. The van der Waals surface area contributed by atoms with Gasteiger partial charge in [0.15, 0.2) is 0 Å². The molecule has 1 amide bonds. The summed E-state index contributed by atoms with van der Waals surface area (Å²) < 4.78 is 1.09. The highest BCUT2D eigenvalue weighted by Crippen LogP contribution is 2.21. The van der Waals surface area contributed by atoms with Crippen LogP contribution in [0.4, 0.5) is 0 Å². The second kappa shape index (κ2) is 5.63. The van der Waals surface area contributed by atoms with Gasteiger partial charge in [0, 0.05) is 21.3 Å². The largest absolute Gasteiger partial charge is 0.368 e. The van der Waals surface area contributed by atoms with E-state index in [0.717, 1.165) is 17.4 Å². The molecule has 1 atom stereocenters.